The number of benzene rings is 1. The number of ether oxygens (including phenoxy) is 5. The number of nitrogens with one attached hydrogen (secondary N) is 8. The van der Waals surface area contributed by atoms with Crippen molar-refractivity contribution in [3.8, 4) is 5.75 Å². The Bertz CT molecular complexity index is 1690. The van der Waals surface area contributed by atoms with Crippen LogP contribution in [0.15, 0.2) is 18.2 Å². The minimum atomic E-state index is -0.977. The van der Waals surface area contributed by atoms with Gasteiger partial charge in [-0.1, -0.05) is 0 Å². The molecule has 68 heavy (non-hydrogen) atoms. The molecule has 0 fully saturated rings. The highest BCUT2D eigenvalue weighted by Gasteiger charge is 2.26. The third-order valence-electron chi connectivity index (χ3n) is 8.43. The second-order valence-electron chi connectivity index (χ2n) is 19.7. The first-order chi connectivity index (χ1) is 31.5. The van der Waals surface area contributed by atoms with Gasteiger partial charge in [0.2, 0.25) is 11.8 Å². The Morgan fingerprint density at radius 3 is 1.13 bits per heavy atom. The summed E-state index contributed by atoms with van der Waals surface area (Å²) < 4.78 is 26.8. The fourth-order valence-corrected chi connectivity index (χ4v) is 5.69. The average molecular weight is 966 g/mol. The van der Waals surface area contributed by atoms with Crippen molar-refractivity contribution in [3.05, 3.63) is 29.3 Å². The van der Waals surface area contributed by atoms with Crippen molar-refractivity contribution in [2.24, 2.45) is 5.73 Å². The molecule has 22 nitrogen and oxygen atoms in total. The maximum atomic E-state index is 13.3. The summed E-state index contributed by atoms with van der Waals surface area (Å²) in [5.41, 5.74) is 2.86. The van der Waals surface area contributed by atoms with E-state index in [0.717, 1.165) is 0 Å². The highest BCUT2D eigenvalue weighted by atomic mass is 16.6. The van der Waals surface area contributed by atoms with Crippen molar-refractivity contribution in [2.45, 2.75) is 156 Å². The normalized spacial score (nSPS) is 12.5. The maximum absolute atomic E-state index is 13.3. The lowest BCUT2D eigenvalue weighted by molar-refractivity contribution is -0.124. The molecule has 0 aromatic heterocycles. The molecule has 0 spiro atoms. The molecule has 10 N–H and O–H groups in total. The summed E-state index contributed by atoms with van der Waals surface area (Å²) in [6, 6.07) is 2.27. The second kappa shape index (κ2) is 29.0. The summed E-state index contributed by atoms with van der Waals surface area (Å²) in [5.74, 6) is -1.99. The molecule has 0 radical (unpaired) electrons. The van der Waals surface area contributed by atoms with E-state index >= 15 is 0 Å². The lowest BCUT2D eigenvalue weighted by atomic mass is 10.1. The first-order valence-corrected chi connectivity index (χ1v) is 23.0. The number of alkyl carbamates (subject to hydrolysis) is 4. The zero-order valence-electron chi connectivity index (χ0n) is 42.2. The Morgan fingerprint density at radius 2 is 0.794 bits per heavy atom. The Morgan fingerprint density at radius 1 is 0.456 bits per heavy atom. The van der Waals surface area contributed by atoms with Crippen molar-refractivity contribution in [1.29, 1.82) is 0 Å². The van der Waals surface area contributed by atoms with Crippen LogP contribution in [0.2, 0.25) is 0 Å². The van der Waals surface area contributed by atoms with Gasteiger partial charge in [0.1, 0.15) is 46.8 Å². The van der Waals surface area contributed by atoms with Gasteiger partial charge in [0.05, 0.1) is 0 Å². The fraction of sp³-hybridized carbons (Fsp3) is 0.696. The number of amides is 8. The summed E-state index contributed by atoms with van der Waals surface area (Å²) in [6.07, 6.45) is -0.329. The lowest BCUT2D eigenvalue weighted by Crippen LogP contribution is -2.49. The molecule has 1 aromatic carbocycles. The fourth-order valence-electron chi connectivity index (χ4n) is 5.69. The van der Waals surface area contributed by atoms with E-state index in [1.165, 1.54) is 18.2 Å². The first-order valence-electron chi connectivity index (χ1n) is 23.0. The molecule has 1 aromatic rings. The monoisotopic (exact) mass is 966 g/mol. The molecule has 0 unspecified atom stereocenters. The van der Waals surface area contributed by atoms with Gasteiger partial charge >= 0.3 is 24.4 Å². The molecule has 2 atom stereocenters. The van der Waals surface area contributed by atoms with Gasteiger partial charge in [0, 0.05) is 56.9 Å². The number of carbonyl (C=O) groups excluding carboxylic acids is 8. The van der Waals surface area contributed by atoms with Crippen molar-refractivity contribution in [1.82, 2.24) is 42.5 Å². The molecule has 1 rings (SSSR count). The van der Waals surface area contributed by atoms with Crippen molar-refractivity contribution in [2.75, 3.05) is 52.4 Å². The van der Waals surface area contributed by atoms with Crippen LogP contribution in [-0.2, 0) is 28.5 Å². The van der Waals surface area contributed by atoms with Crippen molar-refractivity contribution >= 4 is 48.0 Å². The Hall–Kier alpha value is -6.06. The zero-order valence-corrected chi connectivity index (χ0v) is 42.2. The highest BCUT2D eigenvalue weighted by molar-refractivity contribution is 6.00. The van der Waals surface area contributed by atoms with Gasteiger partial charge in [-0.3, -0.25) is 19.2 Å². The van der Waals surface area contributed by atoms with E-state index in [2.05, 4.69) is 42.5 Å². The van der Waals surface area contributed by atoms with Crippen LogP contribution in [0.1, 0.15) is 142 Å². The quantitative estimate of drug-likeness (QED) is 0.0496. The van der Waals surface area contributed by atoms with Gasteiger partial charge in [-0.05, 0) is 140 Å². The smallest absolute Gasteiger partial charge is 0.408 e. The maximum Gasteiger partial charge on any atom is 0.408 e. The highest BCUT2D eigenvalue weighted by Crippen LogP contribution is 2.18. The van der Waals surface area contributed by atoms with Crippen LogP contribution in [0.4, 0.5) is 19.2 Å². The van der Waals surface area contributed by atoms with E-state index < -0.39 is 82.5 Å². The zero-order chi connectivity index (χ0) is 51.7. The lowest BCUT2D eigenvalue weighted by Gasteiger charge is -2.23. The van der Waals surface area contributed by atoms with Crippen LogP contribution in [0, 0.1) is 0 Å². The van der Waals surface area contributed by atoms with Crippen LogP contribution in [0.5, 0.6) is 5.75 Å². The van der Waals surface area contributed by atoms with E-state index in [9.17, 15) is 38.4 Å². The number of carbonyl (C=O) groups is 8. The molecule has 0 saturated carbocycles. The summed E-state index contributed by atoms with van der Waals surface area (Å²) in [4.78, 5) is 102. The summed E-state index contributed by atoms with van der Waals surface area (Å²) >= 11 is 0. The SMILES string of the molecule is CC(C)(C)OC(=O)NCCCC[C@H](NC(=O)OC(C)(C)C)C(=O)NCCNC(=O)c1cc(OCCN)cc(C(=O)NCCNC(=O)[C@H](CCCCNC(=O)OC(C)(C)C)NC(=O)OC(C)(C)C)c1. The van der Waals surface area contributed by atoms with Gasteiger partial charge in [0.15, 0.2) is 0 Å². The second-order valence-corrected chi connectivity index (χ2v) is 19.7. The average Bonchev–Trinajstić information content (AvgIpc) is 3.18. The number of hydrogen-bond donors (Lipinski definition) is 9. The largest absolute Gasteiger partial charge is 0.492 e. The van der Waals surface area contributed by atoms with Crippen LogP contribution in [-0.4, -0.2) is 135 Å². The van der Waals surface area contributed by atoms with E-state index in [4.69, 9.17) is 29.4 Å². The van der Waals surface area contributed by atoms with E-state index in [0.29, 0.717) is 38.8 Å². The number of unbranched alkanes of at least 4 members (excludes halogenated alkanes) is 2. The molecule has 22 heteroatoms. The van der Waals surface area contributed by atoms with Crippen molar-refractivity contribution < 1.29 is 62.0 Å². The number of nitrogens with two attached hydrogens (primary N) is 1. The molecule has 8 amide bonds. The minimum Gasteiger partial charge on any atom is -0.492 e. The molecular formula is C46H79N9O13. The topological polar surface area (TPSA) is 305 Å². The molecule has 0 bridgehead atoms. The van der Waals surface area contributed by atoms with Crippen LogP contribution < -0.4 is 53.0 Å². The first kappa shape index (κ1) is 60.0. The van der Waals surface area contributed by atoms with E-state index in [-0.39, 0.29) is 69.0 Å². The van der Waals surface area contributed by atoms with Crippen molar-refractivity contribution in [3.63, 3.8) is 0 Å². The summed E-state index contributed by atoms with van der Waals surface area (Å²) in [5, 5.41) is 21.3. The Kier molecular flexibility index (Phi) is 25.5. The number of hydrogen-bond acceptors (Lipinski definition) is 14. The number of rotatable bonds is 25. The third-order valence-corrected chi connectivity index (χ3v) is 8.43. The van der Waals surface area contributed by atoms with Crippen LogP contribution >= 0.6 is 0 Å². The van der Waals surface area contributed by atoms with E-state index in [1.807, 2.05) is 0 Å². The van der Waals surface area contributed by atoms with Gasteiger partial charge in [-0.25, -0.2) is 19.2 Å². The summed E-state index contributed by atoms with van der Waals surface area (Å²) in [6.45, 7) is 21.4. The Balaban J connectivity index is 2.88. The van der Waals surface area contributed by atoms with Gasteiger partial charge in [-0.2, -0.15) is 0 Å². The molecule has 0 heterocycles. The van der Waals surface area contributed by atoms with Crippen LogP contribution in [0.25, 0.3) is 0 Å². The molecule has 0 aliphatic carbocycles. The predicted molar refractivity (Wildman–Crippen MR) is 254 cm³/mol. The van der Waals surface area contributed by atoms with Crippen LogP contribution in [0.3, 0.4) is 0 Å². The molecule has 0 aliphatic rings. The molecule has 386 valence electrons. The third kappa shape index (κ3) is 29.6. The predicted octanol–water partition coefficient (Wildman–Crippen LogP) is 3.89. The van der Waals surface area contributed by atoms with Gasteiger partial charge < -0.3 is 72.0 Å². The minimum absolute atomic E-state index is 0.0147. The van der Waals surface area contributed by atoms with E-state index in [1.54, 1.807) is 83.1 Å². The molecule has 0 saturated heterocycles. The van der Waals surface area contributed by atoms with Gasteiger partial charge in [-0.15, -0.1) is 0 Å². The Labute approximate surface area is 401 Å². The van der Waals surface area contributed by atoms with Gasteiger partial charge in [0.25, 0.3) is 11.8 Å². The standard InChI is InChI=1S/C46H79N9O13/c1-43(2,3)65-39(60)52-20-15-13-17-33(54-41(62)67-45(7,8)9)37(58)50-24-22-48-35(56)30-27-31(29-32(28-30)64-26-19-47)36(57)49-23-25-51-38(59)34(55-42(63)68-46(10,11)12)18-14-16-21-53-40(61)66-44(4,5)6/h27-29,33-34H,13-26,47H2,1-12H3,(H,48,56)(H,49,57)(H,50,58)(H,51,59)(H,52,60)(H,53,61)(H,54,62)(H,55,63)/t33-,34-/m0/s1. The molecular weight excluding hydrogens is 887 g/mol. The summed E-state index contributed by atoms with van der Waals surface area (Å²) in [7, 11) is 0. The molecule has 0 aliphatic heterocycles.